The van der Waals surface area contributed by atoms with E-state index in [1.807, 2.05) is 13.8 Å². The Hall–Kier alpha value is -0.580. The van der Waals surface area contributed by atoms with Crippen LogP contribution in [-0.4, -0.2) is 29.7 Å². The molecule has 2 N–H and O–H groups in total. The van der Waals surface area contributed by atoms with Gasteiger partial charge in [-0.15, -0.1) is 0 Å². The molecule has 0 saturated carbocycles. The van der Waals surface area contributed by atoms with Crippen molar-refractivity contribution in [2.75, 3.05) is 11.9 Å². The topological polar surface area (TPSA) is 58.2 Å². The van der Waals surface area contributed by atoms with Crippen LogP contribution in [0.25, 0.3) is 0 Å². The number of alkyl halides is 1. The van der Waals surface area contributed by atoms with E-state index in [1.54, 1.807) is 0 Å². The number of halogens is 1. The van der Waals surface area contributed by atoms with Gasteiger partial charge in [-0.3, -0.25) is 9.59 Å². The van der Waals surface area contributed by atoms with Crippen molar-refractivity contribution in [2.45, 2.75) is 32.7 Å². The molecule has 0 aromatic heterocycles. The average molecular weight is 265 g/mol. The molecule has 0 atom stereocenters. The van der Waals surface area contributed by atoms with Crippen molar-refractivity contribution in [1.29, 1.82) is 0 Å². The van der Waals surface area contributed by atoms with Gasteiger partial charge in [-0.2, -0.15) is 0 Å². The number of amides is 2. The number of hydrogen-bond donors (Lipinski definition) is 2. The molecular formula is C9H17BrN2O2. The van der Waals surface area contributed by atoms with Crippen LogP contribution in [0.4, 0.5) is 0 Å². The van der Waals surface area contributed by atoms with E-state index >= 15 is 0 Å². The van der Waals surface area contributed by atoms with Gasteiger partial charge in [0.05, 0.1) is 0 Å². The SMILES string of the molecule is CC(C)NC(=O)CCNC(=O)CCBr. The molecule has 0 rings (SSSR count). The lowest BCUT2D eigenvalue weighted by atomic mass is 10.3. The number of nitrogens with one attached hydrogen (secondary N) is 2. The molecule has 14 heavy (non-hydrogen) atoms. The first-order valence-corrected chi connectivity index (χ1v) is 5.80. The summed E-state index contributed by atoms with van der Waals surface area (Å²) in [5.74, 6) is -0.0571. The summed E-state index contributed by atoms with van der Waals surface area (Å²) in [6.45, 7) is 4.22. The van der Waals surface area contributed by atoms with E-state index in [0.717, 1.165) is 0 Å². The van der Waals surface area contributed by atoms with Gasteiger partial charge < -0.3 is 10.6 Å². The molecule has 0 spiro atoms. The molecular weight excluding hydrogens is 248 g/mol. The molecule has 2 amide bonds. The summed E-state index contributed by atoms with van der Waals surface area (Å²) in [6, 6.07) is 0.153. The van der Waals surface area contributed by atoms with Gasteiger partial charge in [-0.25, -0.2) is 0 Å². The Morgan fingerprint density at radius 2 is 1.86 bits per heavy atom. The molecule has 82 valence electrons. The van der Waals surface area contributed by atoms with Gasteiger partial charge in [-0.05, 0) is 13.8 Å². The first kappa shape index (κ1) is 13.4. The van der Waals surface area contributed by atoms with Gasteiger partial charge >= 0.3 is 0 Å². The predicted molar refractivity (Wildman–Crippen MR) is 59.3 cm³/mol. The maximum absolute atomic E-state index is 11.1. The number of rotatable bonds is 6. The van der Waals surface area contributed by atoms with Gasteiger partial charge in [0.25, 0.3) is 0 Å². The van der Waals surface area contributed by atoms with Gasteiger partial charge in [0.1, 0.15) is 0 Å². The third-order valence-electron chi connectivity index (χ3n) is 1.45. The predicted octanol–water partition coefficient (Wildman–Crippen LogP) is 0.802. The molecule has 5 heteroatoms. The van der Waals surface area contributed by atoms with Crippen molar-refractivity contribution < 1.29 is 9.59 Å². The van der Waals surface area contributed by atoms with Crippen LogP contribution in [-0.2, 0) is 9.59 Å². The van der Waals surface area contributed by atoms with Gasteiger partial charge in [-0.1, -0.05) is 15.9 Å². The quantitative estimate of drug-likeness (QED) is 0.698. The van der Waals surface area contributed by atoms with Crippen LogP contribution in [0.2, 0.25) is 0 Å². The molecule has 0 aliphatic heterocycles. The van der Waals surface area contributed by atoms with Crippen LogP contribution in [0, 0.1) is 0 Å². The molecule has 0 aliphatic rings. The second-order valence-corrected chi connectivity index (χ2v) is 4.05. The van der Waals surface area contributed by atoms with E-state index < -0.39 is 0 Å². The lowest BCUT2D eigenvalue weighted by Crippen LogP contribution is -2.34. The van der Waals surface area contributed by atoms with Crippen LogP contribution in [0.15, 0.2) is 0 Å². The van der Waals surface area contributed by atoms with Crippen molar-refractivity contribution in [3.8, 4) is 0 Å². The fourth-order valence-corrected chi connectivity index (χ4v) is 1.24. The zero-order valence-corrected chi connectivity index (χ0v) is 10.2. The second kappa shape index (κ2) is 7.79. The summed E-state index contributed by atoms with van der Waals surface area (Å²) in [6.07, 6.45) is 0.790. The van der Waals surface area contributed by atoms with E-state index in [2.05, 4.69) is 26.6 Å². The Morgan fingerprint density at radius 3 is 2.36 bits per heavy atom. The molecule has 0 aliphatic carbocycles. The molecule has 4 nitrogen and oxygen atoms in total. The molecule has 0 bridgehead atoms. The van der Waals surface area contributed by atoms with Crippen molar-refractivity contribution in [1.82, 2.24) is 10.6 Å². The van der Waals surface area contributed by atoms with E-state index in [9.17, 15) is 9.59 Å². The Morgan fingerprint density at radius 1 is 1.21 bits per heavy atom. The van der Waals surface area contributed by atoms with Crippen molar-refractivity contribution in [2.24, 2.45) is 0 Å². The van der Waals surface area contributed by atoms with Crippen LogP contribution < -0.4 is 10.6 Å². The highest BCUT2D eigenvalue weighted by Gasteiger charge is 2.04. The maximum Gasteiger partial charge on any atom is 0.221 e. The van der Waals surface area contributed by atoms with Crippen molar-refractivity contribution in [3.05, 3.63) is 0 Å². The zero-order chi connectivity index (χ0) is 11.0. The second-order valence-electron chi connectivity index (χ2n) is 3.26. The van der Waals surface area contributed by atoms with Gasteiger partial charge in [0.15, 0.2) is 0 Å². The van der Waals surface area contributed by atoms with Crippen LogP contribution >= 0.6 is 15.9 Å². The van der Waals surface area contributed by atoms with E-state index in [4.69, 9.17) is 0 Å². The Labute approximate surface area is 92.9 Å². The van der Waals surface area contributed by atoms with E-state index in [-0.39, 0.29) is 17.9 Å². The summed E-state index contributed by atoms with van der Waals surface area (Å²) in [4.78, 5) is 22.1. The lowest BCUT2D eigenvalue weighted by Gasteiger charge is -2.08. The summed E-state index contributed by atoms with van der Waals surface area (Å²) >= 11 is 3.16. The fraction of sp³-hybridized carbons (Fsp3) is 0.778. The number of carbonyl (C=O) groups is 2. The standard InChI is InChI=1S/C9H17BrN2O2/c1-7(2)12-9(14)4-6-11-8(13)3-5-10/h7H,3-6H2,1-2H3,(H,11,13)(H,12,14). The Balaban J connectivity index is 3.44. The number of hydrogen-bond acceptors (Lipinski definition) is 2. The van der Waals surface area contributed by atoms with Gasteiger partial charge in [0.2, 0.25) is 11.8 Å². The van der Waals surface area contributed by atoms with E-state index in [0.29, 0.717) is 24.7 Å². The molecule has 0 fully saturated rings. The van der Waals surface area contributed by atoms with Crippen LogP contribution in [0.1, 0.15) is 26.7 Å². The monoisotopic (exact) mass is 264 g/mol. The summed E-state index contributed by atoms with van der Waals surface area (Å²) in [7, 11) is 0. The summed E-state index contributed by atoms with van der Waals surface area (Å²) in [5, 5.41) is 6.06. The third kappa shape index (κ3) is 8.04. The molecule has 0 unspecified atom stereocenters. The molecule has 0 saturated heterocycles. The summed E-state index contributed by atoms with van der Waals surface area (Å²) in [5.41, 5.74) is 0. The molecule has 0 aromatic carbocycles. The maximum atomic E-state index is 11.1. The smallest absolute Gasteiger partial charge is 0.221 e. The Bertz CT molecular complexity index is 195. The van der Waals surface area contributed by atoms with Crippen LogP contribution in [0.5, 0.6) is 0 Å². The largest absolute Gasteiger partial charge is 0.356 e. The fourth-order valence-electron chi connectivity index (χ4n) is 0.884. The normalized spacial score (nSPS) is 10.0. The first-order chi connectivity index (χ1) is 6.56. The number of carbonyl (C=O) groups excluding carboxylic acids is 2. The third-order valence-corrected chi connectivity index (χ3v) is 1.84. The highest BCUT2D eigenvalue weighted by molar-refractivity contribution is 9.09. The Kier molecular flexibility index (Phi) is 7.47. The van der Waals surface area contributed by atoms with Crippen molar-refractivity contribution >= 4 is 27.7 Å². The molecule has 0 radical (unpaired) electrons. The van der Waals surface area contributed by atoms with Crippen LogP contribution in [0.3, 0.4) is 0 Å². The van der Waals surface area contributed by atoms with Crippen molar-refractivity contribution in [3.63, 3.8) is 0 Å². The zero-order valence-electron chi connectivity index (χ0n) is 8.60. The minimum atomic E-state index is -0.0286. The molecule has 0 heterocycles. The highest BCUT2D eigenvalue weighted by Crippen LogP contribution is 1.87. The van der Waals surface area contributed by atoms with E-state index in [1.165, 1.54) is 0 Å². The minimum Gasteiger partial charge on any atom is -0.356 e. The first-order valence-electron chi connectivity index (χ1n) is 4.68. The minimum absolute atomic E-state index is 0.0285. The molecule has 0 aromatic rings. The average Bonchev–Trinajstić information content (AvgIpc) is 2.02. The lowest BCUT2D eigenvalue weighted by molar-refractivity contribution is -0.122. The highest BCUT2D eigenvalue weighted by atomic mass is 79.9. The summed E-state index contributed by atoms with van der Waals surface area (Å²) < 4.78 is 0. The van der Waals surface area contributed by atoms with Gasteiger partial charge in [0, 0.05) is 30.8 Å².